The smallest absolute Gasteiger partial charge is 0.179 e. The van der Waals surface area contributed by atoms with Crippen LogP contribution in [0.5, 0.6) is 0 Å². The average Bonchev–Trinajstić information content (AvgIpc) is 2.55. The van der Waals surface area contributed by atoms with Gasteiger partial charge in [0.25, 0.3) is 0 Å². The van der Waals surface area contributed by atoms with E-state index in [0.717, 1.165) is 48.0 Å². The number of nitrogens with zero attached hydrogens (tertiary/aromatic N) is 3. The van der Waals surface area contributed by atoms with Gasteiger partial charge in [-0.05, 0) is 32.9 Å². The molecule has 0 N–H and O–H groups in total. The number of piperazine rings is 1. The van der Waals surface area contributed by atoms with Crippen LogP contribution in [-0.2, 0) is 11.4 Å². The molecule has 1 unspecified atom stereocenters. The van der Waals surface area contributed by atoms with Gasteiger partial charge in [0.1, 0.15) is 5.82 Å². The lowest BCUT2D eigenvalue weighted by atomic mass is 10.1. The highest BCUT2D eigenvalue weighted by Crippen LogP contribution is 2.26. The molecule has 122 valence electrons. The minimum atomic E-state index is -1.09. The molecule has 1 aromatic heterocycles. The van der Waals surface area contributed by atoms with Crippen LogP contribution in [0.25, 0.3) is 0 Å². The maximum Gasteiger partial charge on any atom is 0.179 e. The van der Waals surface area contributed by atoms with Gasteiger partial charge in [-0.3, -0.25) is 0 Å². The fourth-order valence-corrected chi connectivity index (χ4v) is 4.62. The summed E-state index contributed by atoms with van der Waals surface area (Å²) in [6.07, 6.45) is 1.82. The number of rotatable bonds is 3. The third-order valence-corrected chi connectivity index (χ3v) is 6.05. The number of benzene rings is 1. The van der Waals surface area contributed by atoms with E-state index in [4.69, 9.17) is 0 Å². The Morgan fingerprint density at radius 3 is 2.22 bits per heavy atom. The molecular weight excluding hydrogens is 306 g/mol. The number of aryl methyl sites for hydroxylation is 3. The van der Waals surface area contributed by atoms with Gasteiger partial charge in [-0.2, -0.15) is 0 Å². The molecule has 4 nitrogen and oxygen atoms in total. The van der Waals surface area contributed by atoms with Crippen molar-refractivity contribution in [1.29, 1.82) is 0 Å². The lowest BCUT2D eigenvalue weighted by Crippen LogP contribution is -2.49. The molecule has 0 saturated carbocycles. The first-order valence-corrected chi connectivity index (χ1v) is 9.07. The number of pyridine rings is 1. The molecule has 0 spiro atoms. The van der Waals surface area contributed by atoms with E-state index in [1.54, 1.807) is 0 Å². The van der Waals surface area contributed by atoms with Crippen LogP contribution in [0.4, 0.5) is 5.82 Å². The third-order valence-electron chi connectivity index (χ3n) is 4.23. The third kappa shape index (κ3) is 3.52. The van der Waals surface area contributed by atoms with Crippen LogP contribution in [-0.4, -0.2) is 40.0 Å². The Morgan fingerprint density at radius 1 is 1.00 bits per heavy atom. The van der Waals surface area contributed by atoms with Gasteiger partial charge in [0, 0.05) is 30.4 Å². The van der Waals surface area contributed by atoms with E-state index < -0.39 is 11.4 Å². The van der Waals surface area contributed by atoms with Crippen LogP contribution in [0.3, 0.4) is 0 Å². The number of hydrogen-bond acceptors (Lipinski definition) is 4. The second-order valence-corrected chi connectivity index (χ2v) is 7.50. The van der Waals surface area contributed by atoms with Gasteiger partial charge in [-0.1, -0.05) is 23.8 Å². The topological polar surface area (TPSA) is 42.4 Å². The molecule has 0 radical (unpaired) electrons. The average molecular weight is 329 g/mol. The van der Waals surface area contributed by atoms with Crippen LogP contribution in [0, 0.1) is 20.8 Å². The first-order valence-electron chi connectivity index (χ1n) is 7.97. The molecule has 1 aromatic carbocycles. The summed E-state index contributed by atoms with van der Waals surface area (Å²) in [5, 5.41) is 0. The van der Waals surface area contributed by atoms with Gasteiger partial charge in [-0.15, -0.1) is 4.31 Å². The zero-order chi connectivity index (χ0) is 16.4. The zero-order valence-corrected chi connectivity index (χ0v) is 14.8. The Labute approximate surface area is 141 Å². The van der Waals surface area contributed by atoms with Crippen LogP contribution in [0.2, 0.25) is 0 Å². The molecule has 1 aliphatic rings. The van der Waals surface area contributed by atoms with Crippen molar-refractivity contribution in [2.75, 3.05) is 31.1 Å². The summed E-state index contributed by atoms with van der Waals surface area (Å²) in [6, 6.07) is 10.2. The highest BCUT2D eigenvalue weighted by atomic mass is 32.2. The van der Waals surface area contributed by atoms with Crippen LogP contribution >= 0.6 is 0 Å². The van der Waals surface area contributed by atoms with Crippen LogP contribution in [0.1, 0.15) is 16.7 Å². The highest BCUT2D eigenvalue weighted by Gasteiger charge is 2.30. The maximum atomic E-state index is 13.0. The minimum Gasteiger partial charge on any atom is -0.593 e. The first kappa shape index (κ1) is 16.3. The van der Waals surface area contributed by atoms with Gasteiger partial charge in [0.2, 0.25) is 0 Å². The molecule has 2 heterocycles. The summed E-state index contributed by atoms with van der Waals surface area (Å²) in [5.74, 6) is 1.00. The molecule has 5 heteroatoms. The second-order valence-electron chi connectivity index (χ2n) is 6.08. The Morgan fingerprint density at radius 2 is 1.65 bits per heavy atom. The van der Waals surface area contributed by atoms with E-state index in [1.807, 2.05) is 24.4 Å². The molecule has 23 heavy (non-hydrogen) atoms. The molecule has 0 amide bonds. The van der Waals surface area contributed by atoms with Gasteiger partial charge in [-0.25, -0.2) is 4.98 Å². The van der Waals surface area contributed by atoms with Crippen molar-refractivity contribution in [2.24, 2.45) is 0 Å². The van der Waals surface area contributed by atoms with Crippen molar-refractivity contribution < 1.29 is 4.55 Å². The van der Waals surface area contributed by atoms with E-state index in [2.05, 4.69) is 47.1 Å². The Kier molecular flexibility index (Phi) is 4.90. The van der Waals surface area contributed by atoms with Crippen molar-refractivity contribution in [1.82, 2.24) is 9.29 Å². The van der Waals surface area contributed by atoms with Gasteiger partial charge >= 0.3 is 0 Å². The van der Waals surface area contributed by atoms with Crippen molar-refractivity contribution in [2.45, 2.75) is 25.7 Å². The Bertz CT molecular complexity index is 646. The standard InChI is InChI=1S/C18H23N3OS/c1-14-12-15(2)18(16(3)13-14)23(22)21-10-8-20(9-11-21)17-6-4-5-7-19-17/h4-7,12-13H,8-11H2,1-3H3. The second kappa shape index (κ2) is 6.91. The quantitative estimate of drug-likeness (QED) is 0.812. The molecule has 2 aromatic rings. The highest BCUT2D eigenvalue weighted by molar-refractivity contribution is 7.89. The molecule has 1 atom stereocenters. The lowest BCUT2D eigenvalue weighted by molar-refractivity contribution is 0.383. The fraction of sp³-hybridized carbons (Fsp3) is 0.389. The number of anilines is 1. The van der Waals surface area contributed by atoms with Gasteiger partial charge in [0.15, 0.2) is 4.90 Å². The van der Waals surface area contributed by atoms with E-state index in [-0.39, 0.29) is 0 Å². The van der Waals surface area contributed by atoms with E-state index in [0.29, 0.717) is 0 Å². The first-order chi connectivity index (χ1) is 11.1. The molecule has 1 saturated heterocycles. The summed E-state index contributed by atoms with van der Waals surface area (Å²) >= 11 is -1.09. The largest absolute Gasteiger partial charge is 0.593 e. The number of aromatic nitrogens is 1. The molecular formula is C18H23N3OS. The molecule has 0 aliphatic carbocycles. The van der Waals surface area contributed by atoms with E-state index in [1.165, 1.54) is 5.56 Å². The van der Waals surface area contributed by atoms with Crippen LogP contribution < -0.4 is 4.90 Å². The SMILES string of the molecule is Cc1cc(C)c([S+]([O-])N2CCN(c3ccccn3)CC2)c(C)c1. The molecule has 0 bridgehead atoms. The normalized spacial score (nSPS) is 17.3. The Balaban J connectivity index is 1.70. The zero-order valence-electron chi connectivity index (χ0n) is 14.0. The van der Waals surface area contributed by atoms with Crippen molar-refractivity contribution in [3.05, 3.63) is 53.2 Å². The van der Waals surface area contributed by atoms with Crippen molar-refractivity contribution >= 4 is 17.2 Å². The minimum absolute atomic E-state index is 0.788. The van der Waals surface area contributed by atoms with Crippen molar-refractivity contribution in [3.8, 4) is 0 Å². The number of hydrogen-bond donors (Lipinski definition) is 0. The molecule has 1 fully saturated rings. The van der Waals surface area contributed by atoms with Crippen LogP contribution in [0.15, 0.2) is 41.4 Å². The monoisotopic (exact) mass is 329 g/mol. The van der Waals surface area contributed by atoms with Crippen molar-refractivity contribution in [3.63, 3.8) is 0 Å². The van der Waals surface area contributed by atoms with Gasteiger partial charge < -0.3 is 9.45 Å². The van der Waals surface area contributed by atoms with Gasteiger partial charge in [0.05, 0.1) is 24.5 Å². The summed E-state index contributed by atoms with van der Waals surface area (Å²) < 4.78 is 15.1. The van der Waals surface area contributed by atoms with E-state index >= 15 is 0 Å². The molecule has 3 rings (SSSR count). The lowest BCUT2D eigenvalue weighted by Gasteiger charge is -2.35. The fourth-order valence-electron chi connectivity index (χ4n) is 3.20. The summed E-state index contributed by atoms with van der Waals surface area (Å²) in [5.41, 5.74) is 3.46. The summed E-state index contributed by atoms with van der Waals surface area (Å²) in [7, 11) is 0. The molecule has 1 aliphatic heterocycles. The Hall–Kier alpha value is -1.56. The maximum absolute atomic E-state index is 13.0. The van der Waals surface area contributed by atoms with E-state index in [9.17, 15) is 4.55 Å². The summed E-state index contributed by atoms with van der Waals surface area (Å²) in [4.78, 5) is 7.63. The predicted octanol–water partition coefficient (Wildman–Crippen LogP) is 2.85. The predicted molar refractivity (Wildman–Crippen MR) is 95.1 cm³/mol. The summed E-state index contributed by atoms with van der Waals surface area (Å²) in [6.45, 7) is 9.47.